The molecule has 19 heavy (non-hydrogen) atoms. The van der Waals surface area contributed by atoms with Gasteiger partial charge in [-0.05, 0) is 43.4 Å². The minimum atomic E-state index is -0.263. The van der Waals surface area contributed by atoms with Crippen LogP contribution in [0.4, 0.5) is 4.39 Å². The quantitative estimate of drug-likeness (QED) is 0.917. The number of piperazine rings is 1. The normalized spacial score (nSPS) is 28.6. The van der Waals surface area contributed by atoms with Crippen molar-refractivity contribution in [3.05, 3.63) is 34.6 Å². The fourth-order valence-corrected chi connectivity index (χ4v) is 3.23. The van der Waals surface area contributed by atoms with E-state index in [1.54, 1.807) is 0 Å². The Hall–Kier alpha value is -0.640. The van der Waals surface area contributed by atoms with Crippen LogP contribution >= 0.6 is 11.6 Å². The van der Waals surface area contributed by atoms with Gasteiger partial charge in [0.2, 0.25) is 0 Å². The maximum Gasteiger partial charge on any atom is 0.124 e. The van der Waals surface area contributed by atoms with Gasteiger partial charge in [0, 0.05) is 36.7 Å². The van der Waals surface area contributed by atoms with Crippen molar-refractivity contribution < 1.29 is 4.39 Å². The lowest BCUT2D eigenvalue weighted by Crippen LogP contribution is -2.55. The summed E-state index contributed by atoms with van der Waals surface area (Å²) in [5, 5.41) is 4.10. The predicted molar refractivity (Wildman–Crippen MR) is 75.8 cm³/mol. The Labute approximate surface area is 118 Å². The first-order chi connectivity index (χ1) is 9.13. The number of halogens is 2. The van der Waals surface area contributed by atoms with Crippen LogP contribution in [0.5, 0.6) is 0 Å². The molecule has 1 aromatic carbocycles. The maximum atomic E-state index is 13.1. The summed E-state index contributed by atoms with van der Waals surface area (Å²) in [6.45, 7) is 5.13. The number of nitrogens with one attached hydrogen (secondary N) is 1. The number of nitrogens with zero attached hydrogens (tertiary/aromatic N) is 1. The molecule has 1 heterocycles. The second kappa shape index (κ2) is 5.39. The average Bonchev–Trinajstić information content (AvgIpc) is 3.17. The Kier molecular flexibility index (Phi) is 3.79. The van der Waals surface area contributed by atoms with E-state index in [2.05, 4.69) is 17.1 Å². The summed E-state index contributed by atoms with van der Waals surface area (Å²) in [5.41, 5.74) is 1.03. The smallest absolute Gasteiger partial charge is 0.124 e. The number of rotatable bonds is 3. The highest BCUT2D eigenvalue weighted by Crippen LogP contribution is 2.37. The lowest BCUT2D eigenvalue weighted by molar-refractivity contribution is 0.112. The molecule has 2 nitrogen and oxygen atoms in total. The van der Waals surface area contributed by atoms with Crippen molar-refractivity contribution in [2.24, 2.45) is 5.92 Å². The molecule has 1 aliphatic heterocycles. The lowest BCUT2D eigenvalue weighted by atomic mass is 10.0. The van der Waals surface area contributed by atoms with Crippen molar-refractivity contribution in [1.82, 2.24) is 10.2 Å². The van der Waals surface area contributed by atoms with Gasteiger partial charge in [-0.25, -0.2) is 4.39 Å². The van der Waals surface area contributed by atoms with Crippen LogP contribution in [0.3, 0.4) is 0 Å². The molecule has 3 rings (SSSR count). The number of benzene rings is 1. The van der Waals surface area contributed by atoms with Crippen LogP contribution in [0, 0.1) is 11.7 Å². The largest absolute Gasteiger partial charge is 0.311 e. The van der Waals surface area contributed by atoms with Gasteiger partial charge in [0.1, 0.15) is 5.82 Å². The third-order valence-corrected chi connectivity index (χ3v) is 4.56. The van der Waals surface area contributed by atoms with Crippen LogP contribution in [-0.4, -0.2) is 30.1 Å². The van der Waals surface area contributed by atoms with E-state index in [9.17, 15) is 4.39 Å². The Bertz CT molecular complexity index is 461. The molecule has 1 aliphatic carbocycles. The zero-order valence-corrected chi connectivity index (χ0v) is 12.0. The Balaban J connectivity index is 1.75. The van der Waals surface area contributed by atoms with Crippen LogP contribution in [-0.2, 0) is 6.54 Å². The van der Waals surface area contributed by atoms with E-state index in [0.29, 0.717) is 17.1 Å². The van der Waals surface area contributed by atoms with Gasteiger partial charge in [0.15, 0.2) is 0 Å². The van der Waals surface area contributed by atoms with Gasteiger partial charge in [-0.3, -0.25) is 4.90 Å². The third-order valence-electron chi connectivity index (χ3n) is 4.21. The van der Waals surface area contributed by atoms with Gasteiger partial charge >= 0.3 is 0 Å². The molecular formula is C15H20ClFN2. The lowest BCUT2D eigenvalue weighted by Gasteiger charge is -2.40. The van der Waals surface area contributed by atoms with Crippen molar-refractivity contribution in [2.45, 2.75) is 38.4 Å². The van der Waals surface area contributed by atoms with Crippen molar-refractivity contribution >= 4 is 11.6 Å². The van der Waals surface area contributed by atoms with Crippen molar-refractivity contribution in [3.63, 3.8) is 0 Å². The van der Waals surface area contributed by atoms with E-state index in [1.165, 1.54) is 25.0 Å². The molecule has 1 saturated heterocycles. The third kappa shape index (κ3) is 3.10. The topological polar surface area (TPSA) is 15.3 Å². The summed E-state index contributed by atoms with van der Waals surface area (Å²) in [5.74, 6) is 0.570. The van der Waals surface area contributed by atoms with E-state index in [4.69, 9.17) is 11.6 Å². The van der Waals surface area contributed by atoms with Crippen LogP contribution in [0.2, 0.25) is 5.02 Å². The molecular weight excluding hydrogens is 263 g/mol. The number of hydrogen-bond acceptors (Lipinski definition) is 2. The standard InChI is InChI=1S/C15H20ClFN2/c1-10-8-19(15(7-18-10)11-2-3-11)9-12-4-5-13(17)6-14(12)16/h4-6,10-11,15,18H,2-3,7-9H2,1H3. The molecule has 1 aromatic rings. The molecule has 104 valence electrons. The van der Waals surface area contributed by atoms with Crippen molar-refractivity contribution in [2.75, 3.05) is 13.1 Å². The minimum Gasteiger partial charge on any atom is -0.311 e. The van der Waals surface area contributed by atoms with Gasteiger partial charge in [-0.2, -0.15) is 0 Å². The van der Waals surface area contributed by atoms with Crippen molar-refractivity contribution in [3.8, 4) is 0 Å². The summed E-state index contributed by atoms with van der Waals surface area (Å²) in [6, 6.07) is 5.84. The number of hydrogen-bond donors (Lipinski definition) is 1. The van der Waals surface area contributed by atoms with E-state index >= 15 is 0 Å². The molecule has 2 unspecified atom stereocenters. The van der Waals surface area contributed by atoms with E-state index in [0.717, 1.165) is 31.1 Å². The molecule has 0 amide bonds. The molecule has 0 bridgehead atoms. The highest BCUT2D eigenvalue weighted by Gasteiger charge is 2.37. The first-order valence-corrected chi connectivity index (χ1v) is 7.42. The Morgan fingerprint density at radius 2 is 2.21 bits per heavy atom. The second-order valence-corrected chi connectivity index (χ2v) is 6.29. The van der Waals surface area contributed by atoms with Gasteiger partial charge < -0.3 is 5.32 Å². The molecule has 0 radical (unpaired) electrons. The summed E-state index contributed by atoms with van der Waals surface area (Å²) in [6.07, 6.45) is 2.68. The first kappa shape index (κ1) is 13.3. The van der Waals surface area contributed by atoms with Crippen LogP contribution in [0.25, 0.3) is 0 Å². The molecule has 2 fully saturated rings. The maximum absolute atomic E-state index is 13.1. The Morgan fingerprint density at radius 3 is 2.89 bits per heavy atom. The summed E-state index contributed by atoms with van der Waals surface area (Å²) >= 11 is 6.15. The first-order valence-electron chi connectivity index (χ1n) is 7.05. The molecule has 2 atom stereocenters. The van der Waals surface area contributed by atoms with Crippen LogP contribution in [0.1, 0.15) is 25.3 Å². The zero-order valence-electron chi connectivity index (χ0n) is 11.2. The fraction of sp³-hybridized carbons (Fsp3) is 0.600. The highest BCUT2D eigenvalue weighted by atomic mass is 35.5. The van der Waals surface area contributed by atoms with Crippen LogP contribution in [0.15, 0.2) is 18.2 Å². The highest BCUT2D eigenvalue weighted by molar-refractivity contribution is 6.31. The van der Waals surface area contributed by atoms with E-state index in [-0.39, 0.29) is 5.82 Å². The minimum absolute atomic E-state index is 0.263. The van der Waals surface area contributed by atoms with Gasteiger partial charge in [0.25, 0.3) is 0 Å². The second-order valence-electron chi connectivity index (χ2n) is 5.88. The Morgan fingerprint density at radius 1 is 1.42 bits per heavy atom. The van der Waals surface area contributed by atoms with E-state index in [1.807, 2.05) is 6.07 Å². The molecule has 4 heteroatoms. The average molecular weight is 283 g/mol. The summed E-state index contributed by atoms with van der Waals surface area (Å²) < 4.78 is 13.1. The molecule has 1 saturated carbocycles. The van der Waals surface area contributed by atoms with Crippen molar-refractivity contribution in [1.29, 1.82) is 0 Å². The molecule has 0 aromatic heterocycles. The monoisotopic (exact) mass is 282 g/mol. The fourth-order valence-electron chi connectivity index (χ4n) is 3.00. The summed E-state index contributed by atoms with van der Waals surface area (Å²) in [4.78, 5) is 2.51. The van der Waals surface area contributed by atoms with Gasteiger partial charge in [-0.15, -0.1) is 0 Å². The molecule has 1 N–H and O–H groups in total. The van der Waals surface area contributed by atoms with Crippen LogP contribution < -0.4 is 5.32 Å². The summed E-state index contributed by atoms with van der Waals surface area (Å²) in [7, 11) is 0. The van der Waals surface area contributed by atoms with Gasteiger partial charge in [-0.1, -0.05) is 17.7 Å². The molecule has 0 spiro atoms. The molecule has 2 aliphatic rings. The SMILES string of the molecule is CC1CN(Cc2ccc(F)cc2Cl)C(C2CC2)CN1. The van der Waals surface area contributed by atoms with E-state index < -0.39 is 0 Å². The predicted octanol–water partition coefficient (Wildman–Crippen LogP) is 3.05. The zero-order chi connectivity index (χ0) is 13.4. The van der Waals surface area contributed by atoms with Gasteiger partial charge in [0.05, 0.1) is 0 Å².